The molecule has 1 amide bonds. The van der Waals surface area contributed by atoms with Crippen LogP contribution in [0, 0.1) is 0 Å². The number of carbonyl (C=O) groups excluding carboxylic acids is 1. The lowest BCUT2D eigenvalue weighted by Gasteiger charge is -2.08. The molecule has 2 aromatic carbocycles. The van der Waals surface area contributed by atoms with Crippen LogP contribution in [-0.2, 0) is 18.4 Å². The molecule has 0 radical (unpaired) electrons. The molecule has 0 aliphatic carbocycles. The van der Waals surface area contributed by atoms with Crippen LogP contribution in [-0.4, -0.2) is 21.2 Å². The maximum Gasteiger partial charge on any atom is 0.271 e. The van der Waals surface area contributed by atoms with E-state index in [1.807, 2.05) is 54.6 Å². The topological polar surface area (TPSA) is 64.0 Å². The first kappa shape index (κ1) is 20.7. The van der Waals surface area contributed by atoms with Crippen LogP contribution in [0.2, 0.25) is 5.02 Å². The second-order valence-electron chi connectivity index (χ2n) is 6.61. The number of carbonyl (C=O) groups is 1. The van der Waals surface area contributed by atoms with E-state index in [4.69, 9.17) is 11.6 Å². The largest absolute Gasteiger partial charge is 0.351 e. The molecule has 0 saturated heterocycles. The van der Waals surface area contributed by atoms with Gasteiger partial charge in [-0.25, -0.2) is 4.98 Å². The van der Waals surface area contributed by atoms with E-state index in [-0.39, 0.29) is 17.2 Å². The Morgan fingerprint density at radius 2 is 1.90 bits per heavy atom. The summed E-state index contributed by atoms with van der Waals surface area (Å²) in [6.45, 7) is 0.357. The summed E-state index contributed by atoms with van der Waals surface area (Å²) in [4.78, 5) is 30.7. The third kappa shape index (κ3) is 4.43. The smallest absolute Gasteiger partial charge is 0.271 e. The Hall–Kier alpha value is -2.61. The van der Waals surface area contributed by atoms with E-state index in [1.165, 1.54) is 27.7 Å². The molecule has 0 aliphatic rings. The third-order valence-corrected chi connectivity index (χ3v) is 7.10. The number of hydrogen-bond donors (Lipinski definition) is 1. The van der Waals surface area contributed by atoms with E-state index in [0.717, 1.165) is 16.0 Å². The lowest BCUT2D eigenvalue weighted by molar-refractivity contribution is -0.118. The van der Waals surface area contributed by atoms with Gasteiger partial charge in [0, 0.05) is 23.5 Å². The van der Waals surface area contributed by atoms with Crippen LogP contribution in [0.25, 0.3) is 20.7 Å². The number of nitrogens with one attached hydrogen (secondary N) is 1. The van der Waals surface area contributed by atoms with Gasteiger partial charge < -0.3 is 5.32 Å². The molecule has 4 aromatic rings. The molecular formula is C22H18ClN3O2S2. The minimum Gasteiger partial charge on any atom is -0.351 e. The monoisotopic (exact) mass is 455 g/mol. The highest BCUT2D eigenvalue weighted by molar-refractivity contribution is 7.99. The van der Waals surface area contributed by atoms with Crippen molar-refractivity contribution in [3.8, 4) is 10.4 Å². The van der Waals surface area contributed by atoms with Crippen LogP contribution in [0.3, 0.4) is 0 Å². The fourth-order valence-corrected chi connectivity index (χ4v) is 5.01. The van der Waals surface area contributed by atoms with Crippen LogP contribution >= 0.6 is 34.7 Å². The van der Waals surface area contributed by atoms with E-state index in [0.29, 0.717) is 26.9 Å². The number of halogens is 1. The van der Waals surface area contributed by atoms with Crippen molar-refractivity contribution in [2.75, 3.05) is 5.75 Å². The Morgan fingerprint density at radius 1 is 1.17 bits per heavy atom. The lowest BCUT2D eigenvalue weighted by atomic mass is 10.2. The number of amides is 1. The zero-order valence-corrected chi connectivity index (χ0v) is 18.5. The second-order valence-corrected chi connectivity index (χ2v) is 9.01. The first-order valence-electron chi connectivity index (χ1n) is 9.22. The predicted octanol–water partition coefficient (Wildman–Crippen LogP) is 4.72. The molecule has 1 N–H and O–H groups in total. The fourth-order valence-electron chi connectivity index (χ4n) is 2.93. The van der Waals surface area contributed by atoms with Crippen LogP contribution in [0.4, 0.5) is 0 Å². The molecule has 0 unspecified atom stereocenters. The molecule has 8 heteroatoms. The zero-order valence-electron chi connectivity index (χ0n) is 16.1. The van der Waals surface area contributed by atoms with Crippen molar-refractivity contribution in [2.45, 2.75) is 11.7 Å². The molecule has 0 fully saturated rings. The van der Waals surface area contributed by atoms with Crippen molar-refractivity contribution >= 4 is 50.8 Å². The molecule has 0 bridgehead atoms. The molecule has 152 valence electrons. The Bertz CT molecular complexity index is 1270. The number of thiophene rings is 1. The number of benzene rings is 2. The molecule has 5 nitrogen and oxygen atoms in total. The van der Waals surface area contributed by atoms with Crippen molar-refractivity contribution in [3.05, 3.63) is 81.6 Å². The van der Waals surface area contributed by atoms with Crippen molar-refractivity contribution < 1.29 is 4.79 Å². The van der Waals surface area contributed by atoms with E-state index in [1.54, 1.807) is 13.1 Å². The van der Waals surface area contributed by atoms with Gasteiger partial charge in [0.15, 0.2) is 5.16 Å². The average Bonchev–Trinajstić information content (AvgIpc) is 3.20. The van der Waals surface area contributed by atoms with Gasteiger partial charge in [0.1, 0.15) is 4.70 Å². The van der Waals surface area contributed by atoms with E-state index < -0.39 is 0 Å². The Balaban J connectivity index is 1.49. The number of hydrogen-bond acceptors (Lipinski definition) is 5. The highest BCUT2D eigenvalue weighted by atomic mass is 35.5. The van der Waals surface area contributed by atoms with E-state index in [9.17, 15) is 9.59 Å². The minimum atomic E-state index is -0.149. The predicted molar refractivity (Wildman–Crippen MR) is 124 cm³/mol. The van der Waals surface area contributed by atoms with Gasteiger partial charge in [-0.05, 0) is 23.3 Å². The van der Waals surface area contributed by atoms with Gasteiger partial charge >= 0.3 is 0 Å². The fraction of sp³-hybridized carbons (Fsp3) is 0.136. The molecule has 30 heavy (non-hydrogen) atoms. The summed E-state index contributed by atoms with van der Waals surface area (Å²) in [6, 6.07) is 19.2. The standard InChI is InChI=1S/C22H18ClN3O2S2/c1-26-21(28)20-17(11-18(30-20)14-7-3-2-4-8-14)25-22(26)29-13-19(27)24-12-15-9-5-6-10-16(15)23/h2-11H,12-13H2,1H3,(H,24,27). The van der Waals surface area contributed by atoms with Crippen molar-refractivity contribution in [2.24, 2.45) is 7.05 Å². The summed E-state index contributed by atoms with van der Waals surface area (Å²) >= 11 is 8.79. The number of thioether (sulfide) groups is 1. The molecule has 2 aromatic heterocycles. The van der Waals surface area contributed by atoms with Crippen molar-refractivity contribution in [3.63, 3.8) is 0 Å². The van der Waals surface area contributed by atoms with E-state index in [2.05, 4.69) is 10.3 Å². The van der Waals surface area contributed by atoms with Gasteiger partial charge in [-0.3, -0.25) is 14.2 Å². The van der Waals surface area contributed by atoms with Crippen molar-refractivity contribution in [1.82, 2.24) is 14.9 Å². The summed E-state index contributed by atoms with van der Waals surface area (Å²) in [7, 11) is 1.68. The first-order valence-corrected chi connectivity index (χ1v) is 11.4. The molecule has 0 aliphatic heterocycles. The SMILES string of the molecule is Cn1c(SCC(=O)NCc2ccccc2Cl)nc2cc(-c3ccccc3)sc2c1=O. The number of aromatic nitrogens is 2. The molecule has 0 atom stereocenters. The summed E-state index contributed by atoms with van der Waals surface area (Å²) in [5, 5.41) is 3.98. The Morgan fingerprint density at radius 3 is 2.67 bits per heavy atom. The van der Waals surface area contributed by atoms with E-state index >= 15 is 0 Å². The Kier molecular flexibility index (Phi) is 6.22. The summed E-state index contributed by atoms with van der Waals surface area (Å²) < 4.78 is 2.11. The number of rotatable bonds is 6. The van der Waals surface area contributed by atoms with Crippen LogP contribution in [0.5, 0.6) is 0 Å². The molecule has 2 heterocycles. The first-order chi connectivity index (χ1) is 14.5. The molecule has 4 rings (SSSR count). The lowest BCUT2D eigenvalue weighted by Crippen LogP contribution is -2.25. The summed E-state index contributed by atoms with van der Waals surface area (Å²) in [6.07, 6.45) is 0. The molecule has 0 saturated carbocycles. The quantitative estimate of drug-likeness (QED) is 0.337. The Labute approximate surface area is 186 Å². The van der Waals surface area contributed by atoms with Crippen LogP contribution in [0.15, 0.2) is 70.6 Å². The number of nitrogens with zero attached hydrogens (tertiary/aromatic N) is 2. The van der Waals surface area contributed by atoms with Gasteiger partial charge in [-0.2, -0.15) is 0 Å². The average molecular weight is 456 g/mol. The highest BCUT2D eigenvalue weighted by Crippen LogP contribution is 2.31. The maximum absolute atomic E-state index is 12.8. The van der Waals surface area contributed by atoms with Gasteiger partial charge in [0.05, 0.1) is 11.3 Å². The highest BCUT2D eigenvalue weighted by Gasteiger charge is 2.14. The second kappa shape index (κ2) is 9.04. The van der Waals surface area contributed by atoms with Gasteiger partial charge in [0.25, 0.3) is 5.56 Å². The summed E-state index contributed by atoms with van der Waals surface area (Å²) in [5.41, 5.74) is 2.46. The van der Waals surface area contributed by atoms with Crippen molar-refractivity contribution in [1.29, 1.82) is 0 Å². The molecular weight excluding hydrogens is 438 g/mol. The normalized spacial score (nSPS) is 11.0. The van der Waals surface area contributed by atoms with Crippen LogP contribution < -0.4 is 10.9 Å². The summed E-state index contributed by atoms with van der Waals surface area (Å²) in [5.74, 6) is 0.0101. The molecule has 0 spiro atoms. The number of fused-ring (bicyclic) bond motifs is 1. The minimum absolute atomic E-state index is 0.105. The van der Waals surface area contributed by atoms with Gasteiger partial charge in [0.2, 0.25) is 5.91 Å². The zero-order chi connectivity index (χ0) is 21.1. The van der Waals surface area contributed by atoms with Gasteiger partial charge in [-0.15, -0.1) is 11.3 Å². The maximum atomic E-state index is 12.8. The third-order valence-electron chi connectivity index (χ3n) is 4.54. The van der Waals surface area contributed by atoms with Crippen LogP contribution in [0.1, 0.15) is 5.56 Å². The van der Waals surface area contributed by atoms with Gasteiger partial charge in [-0.1, -0.05) is 71.9 Å².